The molecule has 2 amide bonds. The van der Waals surface area contributed by atoms with Gasteiger partial charge in [0.1, 0.15) is 12.4 Å². The Morgan fingerprint density at radius 3 is 2.88 bits per heavy atom. The van der Waals surface area contributed by atoms with Crippen LogP contribution >= 0.6 is 0 Å². The van der Waals surface area contributed by atoms with Crippen LogP contribution in [-0.2, 0) is 11.8 Å². The molecule has 1 aromatic heterocycles. The van der Waals surface area contributed by atoms with Crippen molar-refractivity contribution in [2.75, 3.05) is 32.8 Å². The number of ether oxygens (including phenoxy) is 1. The van der Waals surface area contributed by atoms with Gasteiger partial charge in [-0.3, -0.25) is 4.90 Å². The highest BCUT2D eigenvalue weighted by Gasteiger charge is 2.39. The summed E-state index contributed by atoms with van der Waals surface area (Å²) in [6, 6.07) is 1.02. The van der Waals surface area contributed by atoms with E-state index in [1.165, 1.54) is 12.8 Å². The number of carbonyl (C=O) groups excluding carboxylic acids is 1. The van der Waals surface area contributed by atoms with Crippen LogP contribution in [0.1, 0.15) is 31.7 Å². The van der Waals surface area contributed by atoms with E-state index < -0.39 is 0 Å². The van der Waals surface area contributed by atoms with Crippen LogP contribution in [0.25, 0.3) is 0 Å². The normalized spacial score (nSPS) is 31.4. The second kappa shape index (κ2) is 6.33. The Hall–Kier alpha value is -1.67. The maximum Gasteiger partial charge on any atom is 0.317 e. The monoisotopic (exact) mass is 334 g/mol. The topological polar surface area (TPSA) is 75.5 Å². The zero-order valence-electron chi connectivity index (χ0n) is 14.4. The molecule has 0 aromatic carbocycles. The van der Waals surface area contributed by atoms with Crippen molar-refractivity contribution in [2.24, 2.45) is 13.0 Å². The molecule has 3 fully saturated rings. The number of likely N-dealkylation sites (tertiary alicyclic amines) is 1. The van der Waals surface area contributed by atoms with Gasteiger partial charge >= 0.3 is 6.03 Å². The zero-order valence-corrected chi connectivity index (χ0v) is 14.4. The standard InChI is InChI=1S/C16H26N6O2/c1-11-7-22(12-3-4-12)8-13(11)18-16(23)21-5-6-24-14(9-21)15-19-17-10-20(15)2/h10-14H,3-9H2,1-2H3,(H,18,23)/t11-,13+,14-/m1/s1. The number of hydrogen-bond acceptors (Lipinski definition) is 5. The van der Waals surface area contributed by atoms with E-state index in [1.807, 2.05) is 16.5 Å². The average Bonchev–Trinajstić information content (AvgIpc) is 3.25. The first-order valence-corrected chi connectivity index (χ1v) is 8.87. The van der Waals surface area contributed by atoms with Crippen molar-refractivity contribution in [3.8, 4) is 0 Å². The number of carbonyl (C=O) groups is 1. The van der Waals surface area contributed by atoms with E-state index in [0.29, 0.717) is 25.6 Å². The first-order chi connectivity index (χ1) is 11.6. The predicted octanol–water partition coefficient (Wildman–Crippen LogP) is 0.381. The van der Waals surface area contributed by atoms with Crippen molar-refractivity contribution in [1.82, 2.24) is 29.9 Å². The molecule has 2 saturated heterocycles. The van der Waals surface area contributed by atoms with Crippen molar-refractivity contribution in [3.05, 3.63) is 12.2 Å². The molecule has 8 heteroatoms. The van der Waals surface area contributed by atoms with E-state index in [-0.39, 0.29) is 18.2 Å². The fourth-order valence-electron chi connectivity index (χ4n) is 3.75. The van der Waals surface area contributed by atoms with Crippen LogP contribution < -0.4 is 5.32 Å². The maximum atomic E-state index is 12.7. The van der Waals surface area contributed by atoms with Crippen LogP contribution in [0.2, 0.25) is 0 Å². The molecular weight excluding hydrogens is 308 g/mol. The largest absolute Gasteiger partial charge is 0.366 e. The van der Waals surface area contributed by atoms with Gasteiger partial charge in [-0.15, -0.1) is 10.2 Å². The summed E-state index contributed by atoms with van der Waals surface area (Å²) in [6.07, 6.45) is 4.08. The van der Waals surface area contributed by atoms with E-state index in [9.17, 15) is 4.79 Å². The number of aromatic nitrogens is 3. The van der Waals surface area contributed by atoms with Gasteiger partial charge in [0, 0.05) is 38.8 Å². The lowest BCUT2D eigenvalue weighted by atomic mass is 10.1. The van der Waals surface area contributed by atoms with Gasteiger partial charge in [0.2, 0.25) is 0 Å². The maximum absolute atomic E-state index is 12.7. The Morgan fingerprint density at radius 1 is 1.33 bits per heavy atom. The van der Waals surface area contributed by atoms with Gasteiger partial charge < -0.3 is 19.5 Å². The number of hydrogen-bond donors (Lipinski definition) is 1. The highest BCUT2D eigenvalue weighted by Crippen LogP contribution is 2.31. The fourth-order valence-corrected chi connectivity index (χ4v) is 3.75. The molecule has 3 heterocycles. The molecule has 3 aliphatic rings. The Bertz CT molecular complexity index is 601. The van der Waals surface area contributed by atoms with Gasteiger partial charge in [0.25, 0.3) is 0 Å². The quantitative estimate of drug-likeness (QED) is 0.865. The molecule has 1 saturated carbocycles. The SMILES string of the molecule is C[C@@H]1CN(C2CC2)C[C@@H]1NC(=O)N1CCO[C@@H](c2nncn2C)C1. The fraction of sp³-hybridized carbons (Fsp3) is 0.812. The third kappa shape index (κ3) is 3.12. The summed E-state index contributed by atoms with van der Waals surface area (Å²) in [6.45, 7) is 5.97. The average molecular weight is 334 g/mol. The van der Waals surface area contributed by atoms with Crippen molar-refractivity contribution < 1.29 is 9.53 Å². The van der Waals surface area contributed by atoms with Crippen molar-refractivity contribution >= 4 is 6.03 Å². The molecule has 4 rings (SSSR count). The summed E-state index contributed by atoms with van der Waals surface area (Å²) in [7, 11) is 1.89. The molecule has 1 aliphatic carbocycles. The number of nitrogens with one attached hydrogen (secondary N) is 1. The first kappa shape index (κ1) is 15.8. The third-order valence-electron chi connectivity index (χ3n) is 5.40. The van der Waals surface area contributed by atoms with Gasteiger partial charge in [-0.1, -0.05) is 6.92 Å². The molecular formula is C16H26N6O2. The van der Waals surface area contributed by atoms with Gasteiger partial charge in [0.15, 0.2) is 5.82 Å². The number of aryl methyl sites for hydroxylation is 1. The summed E-state index contributed by atoms with van der Waals surface area (Å²) in [5.74, 6) is 1.27. The third-order valence-corrected chi connectivity index (χ3v) is 5.40. The Balaban J connectivity index is 1.35. The van der Waals surface area contributed by atoms with E-state index in [2.05, 4.69) is 27.3 Å². The van der Waals surface area contributed by atoms with Crippen LogP contribution in [0, 0.1) is 5.92 Å². The van der Waals surface area contributed by atoms with Gasteiger partial charge in [-0.2, -0.15) is 0 Å². The van der Waals surface area contributed by atoms with Gasteiger partial charge in [-0.05, 0) is 18.8 Å². The van der Waals surface area contributed by atoms with Gasteiger partial charge in [0.05, 0.1) is 13.2 Å². The molecule has 0 unspecified atom stereocenters. The summed E-state index contributed by atoms with van der Waals surface area (Å²) in [4.78, 5) is 17.1. The van der Waals surface area contributed by atoms with Crippen molar-refractivity contribution in [1.29, 1.82) is 0 Å². The summed E-state index contributed by atoms with van der Waals surface area (Å²) in [5.41, 5.74) is 0. The number of rotatable bonds is 3. The second-order valence-electron chi connectivity index (χ2n) is 7.32. The minimum absolute atomic E-state index is 0.0139. The molecule has 0 bridgehead atoms. The minimum atomic E-state index is -0.207. The molecule has 8 nitrogen and oxygen atoms in total. The van der Waals surface area contributed by atoms with E-state index in [1.54, 1.807) is 6.33 Å². The number of morpholine rings is 1. The van der Waals surface area contributed by atoms with E-state index in [0.717, 1.165) is 25.0 Å². The highest BCUT2D eigenvalue weighted by molar-refractivity contribution is 5.74. The van der Waals surface area contributed by atoms with Crippen LogP contribution in [0.5, 0.6) is 0 Å². The Morgan fingerprint density at radius 2 is 2.17 bits per heavy atom. The highest BCUT2D eigenvalue weighted by atomic mass is 16.5. The predicted molar refractivity (Wildman–Crippen MR) is 87.3 cm³/mol. The Labute approximate surface area is 142 Å². The summed E-state index contributed by atoms with van der Waals surface area (Å²) >= 11 is 0. The zero-order chi connectivity index (χ0) is 16.7. The van der Waals surface area contributed by atoms with Crippen LogP contribution in [0.4, 0.5) is 4.79 Å². The molecule has 0 radical (unpaired) electrons. The minimum Gasteiger partial charge on any atom is -0.366 e. The first-order valence-electron chi connectivity index (χ1n) is 8.87. The molecule has 2 aliphatic heterocycles. The van der Waals surface area contributed by atoms with Crippen LogP contribution in [-0.4, -0.2) is 75.5 Å². The van der Waals surface area contributed by atoms with Gasteiger partial charge in [-0.25, -0.2) is 4.79 Å². The molecule has 3 atom stereocenters. The number of amides is 2. The van der Waals surface area contributed by atoms with Crippen LogP contribution in [0.3, 0.4) is 0 Å². The van der Waals surface area contributed by atoms with Crippen molar-refractivity contribution in [2.45, 2.75) is 38.0 Å². The molecule has 132 valence electrons. The molecule has 1 N–H and O–H groups in total. The van der Waals surface area contributed by atoms with E-state index >= 15 is 0 Å². The van der Waals surface area contributed by atoms with Crippen molar-refractivity contribution in [3.63, 3.8) is 0 Å². The lowest BCUT2D eigenvalue weighted by Gasteiger charge is -2.33. The number of urea groups is 1. The lowest BCUT2D eigenvalue weighted by Crippen LogP contribution is -2.51. The van der Waals surface area contributed by atoms with Crippen LogP contribution in [0.15, 0.2) is 6.33 Å². The molecule has 24 heavy (non-hydrogen) atoms. The summed E-state index contributed by atoms with van der Waals surface area (Å²) < 4.78 is 7.62. The smallest absolute Gasteiger partial charge is 0.317 e. The second-order valence-corrected chi connectivity index (χ2v) is 7.32. The lowest BCUT2D eigenvalue weighted by molar-refractivity contribution is -0.0218. The molecule has 1 aromatic rings. The van der Waals surface area contributed by atoms with E-state index in [4.69, 9.17) is 4.74 Å². The number of nitrogens with zero attached hydrogens (tertiary/aromatic N) is 5. The molecule has 0 spiro atoms. The Kier molecular flexibility index (Phi) is 4.17. The summed E-state index contributed by atoms with van der Waals surface area (Å²) in [5, 5.41) is 11.2.